The molecule has 2 heterocycles. The molecule has 1 aliphatic rings. The number of aromatic nitrogens is 1. The Morgan fingerprint density at radius 2 is 2.00 bits per heavy atom. The number of H-pyrrole nitrogens is 1. The van der Waals surface area contributed by atoms with E-state index in [2.05, 4.69) is 21.7 Å². The van der Waals surface area contributed by atoms with Gasteiger partial charge in [0.15, 0.2) is 0 Å². The first-order valence-electron chi connectivity index (χ1n) is 8.44. The van der Waals surface area contributed by atoms with Gasteiger partial charge >= 0.3 is 0 Å². The summed E-state index contributed by atoms with van der Waals surface area (Å²) in [4.78, 5) is 27.9. The molecule has 0 aliphatic heterocycles. The number of carbonyl (C=O) groups is 2. The average molecular weight is 353 g/mol. The van der Waals surface area contributed by atoms with Crippen molar-refractivity contribution in [2.45, 2.75) is 19.3 Å². The minimum atomic E-state index is -0.100. The van der Waals surface area contributed by atoms with Gasteiger partial charge in [-0.1, -0.05) is 18.2 Å². The van der Waals surface area contributed by atoms with Crippen LogP contribution in [0.25, 0.3) is 10.9 Å². The molecule has 25 heavy (non-hydrogen) atoms. The van der Waals surface area contributed by atoms with E-state index in [1.54, 1.807) is 12.1 Å². The monoisotopic (exact) mass is 353 g/mol. The number of carbonyl (C=O) groups excluding carboxylic acids is 2. The van der Waals surface area contributed by atoms with Gasteiger partial charge in [-0.2, -0.15) is 0 Å². The Morgan fingerprint density at radius 1 is 1.16 bits per heavy atom. The molecule has 0 saturated heterocycles. The maximum absolute atomic E-state index is 12.3. The van der Waals surface area contributed by atoms with Gasteiger partial charge in [0.25, 0.3) is 5.91 Å². The minimum Gasteiger partial charge on any atom is -0.361 e. The third kappa shape index (κ3) is 3.58. The Labute approximate surface area is 149 Å². The lowest BCUT2D eigenvalue weighted by Gasteiger charge is -2.03. The van der Waals surface area contributed by atoms with Gasteiger partial charge in [-0.3, -0.25) is 9.59 Å². The van der Waals surface area contributed by atoms with E-state index in [9.17, 15) is 9.59 Å². The molecule has 0 radical (unpaired) electrons. The first kappa shape index (κ1) is 15.9. The van der Waals surface area contributed by atoms with Crippen molar-refractivity contribution in [1.29, 1.82) is 0 Å². The Bertz CT molecular complexity index is 924. The third-order valence-electron chi connectivity index (χ3n) is 4.38. The van der Waals surface area contributed by atoms with Crippen LogP contribution in [0, 0.1) is 5.92 Å². The van der Waals surface area contributed by atoms with Crippen molar-refractivity contribution in [3.63, 3.8) is 0 Å². The lowest BCUT2D eigenvalue weighted by atomic mass is 10.1. The topological polar surface area (TPSA) is 74.0 Å². The number of nitrogens with one attached hydrogen (secondary N) is 3. The van der Waals surface area contributed by atoms with Gasteiger partial charge in [-0.25, -0.2) is 0 Å². The summed E-state index contributed by atoms with van der Waals surface area (Å²) >= 11 is 1.31. The summed E-state index contributed by atoms with van der Waals surface area (Å²) in [5.41, 5.74) is 2.30. The average Bonchev–Trinajstić information content (AvgIpc) is 3.25. The highest BCUT2D eigenvalue weighted by Crippen LogP contribution is 2.31. The molecular formula is C19H19N3O2S. The number of benzene rings is 1. The first-order valence-corrected chi connectivity index (χ1v) is 9.26. The van der Waals surface area contributed by atoms with Crippen LogP contribution in [-0.2, 0) is 11.2 Å². The van der Waals surface area contributed by atoms with Crippen LogP contribution in [0.4, 0.5) is 5.00 Å². The number of amides is 2. The third-order valence-corrected chi connectivity index (χ3v) is 5.38. The maximum Gasteiger partial charge on any atom is 0.261 e. The van der Waals surface area contributed by atoms with Crippen LogP contribution in [0.3, 0.4) is 0 Å². The second-order valence-electron chi connectivity index (χ2n) is 6.29. The fourth-order valence-electron chi connectivity index (χ4n) is 2.83. The van der Waals surface area contributed by atoms with Gasteiger partial charge < -0.3 is 15.6 Å². The number of hydrogen-bond donors (Lipinski definition) is 3. The van der Waals surface area contributed by atoms with E-state index in [1.807, 2.05) is 24.4 Å². The van der Waals surface area contributed by atoms with Crippen molar-refractivity contribution in [2.24, 2.45) is 5.92 Å². The van der Waals surface area contributed by atoms with E-state index in [4.69, 9.17) is 0 Å². The van der Waals surface area contributed by atoms with Crippen molar-refractivity contribution in [1.82, 2.24) is 10.3 Å². The molecule has 1 aromatic carbocycles. The smallest absolute Gasteiger partial charge is 0.261 e. The molecule has 0 bridgehead atoms. The number of fused-ring (bicyclic) bond motifs is 1. The zero-order valence-corrected chi connectivity index (χ0v) is 14.5. The van der Waals surface area contributed by atoms with E-state index in [-0.39, 0.29) is 17.7 Å². The number of thiophene rings is 1. The van der Waals surface area contributed by atoms with Crippen LogP contribution < -0.4 is 10.6 Å². The fraction of sp³-hybridized carbons (Fsp3) is 0.263. The number of rotatable bonds is 6. The summed E-state index contributed by atoms with van der Waals surface area (Å²) in [7, 11) is 0. The second-order valence-corrected chi connectivity index (χ2v) is 7.38. The highest BCUT2D eigenvalue weighted by Gasteiger charge is 2.29. The number of hydrogen-bond acceptors (Lipinski definition) is 3. The normalized spacial score (nSPS) is 13.8. The van der Waals surface area contributed by atoms with Crippen molar-refractivity contribution in [3.8, 4) is 0 Å². The molecule has 1 fully saturated rings. The molecule has 2 aromatic heterocycles. The molecule has 1 saturated carbocycles. The summed E-state index contributed by atoms with van der Waals surface area (Å²) < 4.78 is 0. The zero-order chi connectivity index (χ0) is 17.2. The number of aromatic amines is 1. The van der Waals surface area contributed by atoms with Crippen LogP contribution in [0.15, 0.2) is 42.6 Å². The van der Waals surface area contributed by atoms with Crippen LogP contribution >= 0.6 is 11.3 Å². The molecule has 5 nitrogen and oxygen atoms in total. The van der Waals surface area contributed by atoms with Crippen LogP contribution in [0.1, 0.15) is 28.1 Å². The Kier molecular flexibility index (Phi) is 4.28. The summed E-state index contributed by atoms with van der Waals surface area (Å²) in [6.45, 7) is 0.572. The minimum absolute atomic E-state index is 0.0631. The van der Waals surface area contributed by atoms with Gasteiger partial charge in [0, 0.05) is 29.6 Å². The Balaban J connectivity index is 1.31. The first-order chi connectivity index (χ1) is 12.2. The van der Waals surface area contributed by atoms with Crippen molar-refractivity contribution < 1.29 is 9.59 Å². The molecule has 3 N–H and O–H groups in total. The number of anilines is 1. The van der Waals surface area contributed by atoms with E-state index in [1.165, 1.54) is 22.3 Å². The predicted molar refractivity (Wildman–Crippen MR) is 100 cm³/mol. The summed E-state index contributed by atoms with van der Waals surface area (Å²) in [6, 6.07) is 11.7. The lowest BCUT2D eigenvalue weighted by molar-refractivity contribution is -0.117. The van der Waals surface area contributed by atoms with Crippen LogP contribution in [0.2, 0.25) is 0 Å². The van der Waals surface area contributed by atoms with E-state index in [0.717, 1.165) is 29.8 Å². The van der Waals surface area contributed by atoms with Crippen molar-refractivity contribution in [3.05, 3.63) is 53.0 Å². The summed E-state index contributed by atoms with van der Waals surface area (Å²) in [5, 5.41) is 7.75. The van der Waals surface area contributed by atoms with E-state index >= 15 is 0 Å². The van der Waals surface area contributed by atoms with Crippen LogP contribution in [-0.4, -0.2) is 23.3 Å². The predicted octanol–water partition coefficient (Wildman–Crippen LogP) is 3.55. The molecule has 0 unspecified atom stereocenters. The van der Waals surface area contributed by atoms with Crippen molar-refractivity contribution in [2.75, 3.05) is 11.9 Å². The molecule has 2 amide bonds. The van der Waals surface area contributed by atoms with Crippen LogP contribution in [0.5, 0.6) is 0 Å². The van der Waals surface area contributed by atoms with Gasteiger partial charge in [0.05, 0.1) is 9.88 Å². The summed E-state index contributed by atoms with van der Waals surface area (Å²) in [6.07, 6.45) is 4.71. The van der Waals surface area contributed by atoms with Gasteiger partial charge in [0.2, 0.25) is 5.91 Å². The fourth-order valence-corrected chi connectivity index (χ4v) is 3.66. The summed E-state index contributed by atoms with van der Waals surface area (Å²) in [5.74, 6) is 0.125. The molecule has 1 aliphatic carbocycles. The molecule has 4 rings (SSSR count). The highest BCUT2D eigenvalue weighted by molar-refractivity contribution is 7.18. The maximum atomic E-state index is 12.3. The van der Waals surface area contributed by atoms with E-state index < -0.39 is 0 Å². The lowest BCUT2D eigenvalue weighted by Crippen LogP contribution is -2.24. The Morgan fingerprint density at radius 3 is 2.84 bits per heavy atom. The molecule has 3 aromatic rings. The van der Waals surface area contributed by atoms with Gasteiger partial charge in [-0.15, -0.1) is 11.3 Å². The molecule has 128 valence electrons. The van der Waals surface area contributed by atoms with Crippen molar-refractivity contribution >= 4 is 39.1 Å². The zero-order valence-electron chi connectivity index (χ0n) is 13.7. The molecule has 6 heteroatoms. The molecule has 0 spiro atoms. The quantitative estimate of drug-likeness (QED) is 0.634. The van der Waals surface area contributed by atoms with Gasteiger partial charge in [-0.05, 0) is 43.0 Å². The van der Waals surface area contributed by atoms with E-state index in [0.29, 0.717) is 11.4 Å². The standard InChI is InChI=1S/C19H19N3O2S/c23-18(12-5-6-12)22-17-8-7-16(25-17)19(24)20-10-9-13-11-21-15-4-2-1-3-14(13)15/h1-4,7-8,11-12,21H,5-6,9-10H2,(H,20,24)(H,22,23). The highest BCUT2D eigenvalue weighted by atomic mass is 32.1. The molecular weight excluding hydrogens is 334 g/mol. The molecule has 0 atom stereocenters. The second kappa shape index (κ2) is 6.72. The Hall–Kier alpha value is -2.60. The SMILES string of the molecule is O=C(NCCc1c[nH]c2ccccc12)c1ccc(NC(=O)C2CC2)s1. The van der Waals surface area contributed by atoms with Gasteiger partial charge in [0.1, 0.15) is 0 Å². The number of para-hydroxylation sites is 1. The largest absolute Gasteiger partial charge is 0.361 e.